The largest absolute Gasteiger partial charge is 0.449 e. The summed E-state index contributed by atoms with van der Waals surface area (Å²) in [7, 11) is 2.22. The van der Waals surface area contributed by atoms with E-state index < -0.39 is 0 Å². The summed E-state index contributed by atoms with van der Waals surface area (Å²) in [5.74, 6) is 2.88. The van der Waals surface area contributed by atoms with E-state index in [4.69, 9.17) is 4.74 Å². The van der Waals surface area contributed by atoms with Crippen molar-refractivity contribution in [3.05, 3.63) is 64.7 Å². The number of fused-ring (bicyclic) bond motifs is 3. The van der Waals surface area contributed by atoms with E-state index in [0.717, 1.165) is 30.3 Å². The standard InChI is InChI=1S/C33H38NO/c1-20-15-24-16-23(19-33(3,4)5)18-28-30(24)29(21(20)2)31-32(35-28)26(17-22-11-7-8-12-22)25-13-9-10-14-27(25)34(31)6/h9-10,13-16,18,22H,7-8,11-12,17,19H2,1-6H3/q+1. The van der Waals surface area contributed by atoms with Gasteiger partial charge in [0.05, 0.1) is 10.9 Å². The molecule has 0 bridgehead atoms. The zero-order valence-electron chi connectivity index (χ0n) is 22.2. The van der Waals surface area contributed by atoms with Gasteiger partial charge >= 0.3 is 0 Å². The second kappa shape index (κ2) is 8.08. The highest BCUT2D eigenvalue weighted by Crippen LogP contribution is 2.51. The summed E-state index contributed by atoms with van der Waals surface area (Å²) >= 11 is 0. The van der Waals surface area contributed by atoms with Crippen molar-refractivity contribution in [3.8, 4) is 22.8 Å². The first-order chi connectivity index (χ1) is 16.7. The first-order valence-corrected chi connectivity index (χ1v) is 13.4. The van der Waals surface area contributed by atoms with Gasteiger partial charge in [0.25, 0.3) is 5.69 Å². The minimum absolute atomic E-state index is 0.228. The van der Waals surface area contributed by atoms with E-state index in [9.17, 15) is 0 Å². The summed E-state index contributed by atoms with van der Waals surface area (Å²) in [5, 5.41) is 3.92. The van der Waals surface area contributed by atoms with Gasteiger partial charge in [-0.1, -0.05) is 70.7 Å². The van der Waals surface area contributed by atoms with Crippen molar-refractivity contribution >= 4 is 21.7 Å². The molecule has 35 heavy (non-hydrogen) atoms. The Hall–Kier alpha value is -2.87. The third-order valence-electron chi connectivity index (χ3n) is 8.35. The highest BCUT2D eigenvalue weighted by molar-refractivity contribution is 6.06. The van der Waals surface area contributed by atoms with Crippen molar-refractivity contribution in [2.45, 2.75) is 73.1 Å². The van der Waals surface area contributed by atoms with Crippen LogP contribution in [-0.2, 0) is 19.9 Å². The van der Waals surface area contributed by atoms with Crippen LogP contribution in [0.3, 0.4) is 0 Å². The van der Waals surface area contributed by atoms with E-state index in [1.54, 1.807) is 0 Å². The van der Waals surface area contributed by atoms with Crippen LogP contribution < -0.4 is 9.30 Å². The molecule has 2 heterocycles. The lowest BCUT2D eigenvalue weighted by atomic mass is 9.84. The second-order valence-electron chi connectivity index (χ2n) is 12.3. The van der Waals surface area contributed by atoms with E-state index in [-0.39, 0.29) is 5.41 Å². The van der Waals surface area contributed by atoms with Gasteiger partial charge in [-0.15, -0.1) is 0 Å². The number of hydrogen-bond acceptors (Lipinski definition) is 1. The molecule has 4 aromatic rings. The average Bonchev–Trinajstić information content (AvgIpc) is 3.31. The normalized spacial score (nSPS) is 15.6. The van der Waals surface area contributed by atoms with E-state index >= 15 is 0 Å². The Morgan fingerprint density at radius 2 is 1.74 bits per heavy atom. The van der Waals surface area contributed by atoms with Gasteiger partial charge in [-0.2, -0.15) is 4.57 Å². The smallest absolute Gasteiger partial charge is 0.257 e. The molecule has 1 fully saturated rings. The van der Waals surface area contributed by atoms with Gasteiger partial charge in [-0.05, 0) is 72.2 Å². The number of nitrogens with zero attached hydrogens (tertiary/aromatic N) is 1. The molecule has 3 aromatic carbocycles. The summed E-state index contributed by atoms with van der Waals surface area (Å²) < 4.78 is 9.39. The molecule has 6 rings (SSSR count). The Bertz CT molecular complexity index is 1480. The number of rotatable bonds is 3. The fraction of sp³-hybridized carbons (Fsp3) is 0.424. The number of para-hydroxylation sites is 1. The SMILES string of the molecule is Cc1cc2cc(CC(C)(C)C)cc3c2c(c1C)-c1c(c(CC2CCCC2)c2ccccc2[n+]1C)O3. The van der Waals surface area contributed by atoms with Crippen LogP contribution >= 0.6 is 0 Å². The lowest BCUT2D eigenvalue weighted by Gasteiger charge is -2.27. The second-order valence-corrected chi connectivity index (χ2v) is 12.3. The summed E-state index contributed by atoms with van der Waals surface area (Å²) in [6, 6.07) is 16.0. The lowest BCUT2D eigenvalue weighted by Crippen LogP contribution is -2.34. The molecule has 1 saturated carbocycles. The molecule has 0 spiro atoms. The van der Waals surface area contributed by atoms with Crippen LogP contribution in [0.5, 0.6) is 11.5 Å². The molecule has 0 N–H and O–H groups in total. The summed E-state index contributed by atoms with van der Waals surface area (Å²) in [5.41, 5.74) is 9.62. The zero-order chi connectivity index (χ0) is 24.5. The molecule has 0 saturated heterocycles. The Morgan fingerprint density at radius 3 is 2.49 bits per heavy atom. The Labute approximate surface area is 209 Å². The highest BCUT2D eigenvalue weighted by Gasteiger charge is 2.35. The molecule has 0 amide bonds. The fourth-order valence-electron chi connectivity index (χ4n) is 6.66. The maximum atomic E-state index is 7.01. The van der Waals surface area contributed by atoms with Crippen molar-refractivity contribution in [2.75, 3.05) is 0 Å². The van der Waals surface area contributed by atoms with Crippen molar-refractivity contribution in [2.24, 2.45) is 18.4 Å². The molecule has 0 atom stereocenters. The minimum atomic E-state index is 0.228. The predicted molar refractivity (Wildman–Crippen MR) is 146 cm³/mol. The fourth-order valence-corrected chi connectivity index (χ4v) is 6.66. The minimum Gasteiger partial charge on any atom is -0.449 e. The van der Waals surface area contributed by atoms with E-state index in [2.05, 4.69) is 88.7 Å². The monoisotopic (exact) mass is 464 g/mol. The number of ether oxygens (including phenoxy) is 1. The van der Waals surface area contributed by atoms with Crippen LogP contribution in [0.25, 0.3) is 32.9 Å². The summed E-state index contributed by atoms with van der Waals surface area (Å²) in [6.45, 7) is 11.5. The molecule has 2 heteroatoms. The van der Waals surface area contributed by atoms with Gasteiger partial charge in [0, 0.05) is 17.0 Å². The van der Waals surface area contributed by atoms with Gasteiger partial charge in [-0.25, -0.2) is 0 Å². The predicted octanol–water partition coefficient (Wildman–Crippen LogP) is 8.53. The first kappa shape index (κ1) is 22.6. The van der Waals surface area contributed by atoms with Crippen LogP contribution in [-0.4, -0.2) is 0 Å². The van der Waals surface area contributed by atoms with Gasteiger partial charge in [0.1, 0.15) is 12.8 Å². The van der Waals surface area contributed by atoms with Crippen LogP contribution in [0.1, 0.15) is 68.7 Å². The molecule has 1 aromatic heterocycles. The molecule has 0 unspecified atom stereocenters. The van der Waals surface area contributed by atoms with Crippen LogP contribution in [0.4, 0.5) is 0 Å². The highest BCUT2D eigenvalue weighted by atomic mass is 16.5. The number of pyridine rings is 1. The van der Waals surface area contributed by atoms with Crippen LogP contribution in [0, 0.1) is 25.2 Å². The van der Waals surface area contributed by atoms with Gasteiger partial charge in [0.2, 0.25) is 11.3 Å². The number of benzene rings is 3. The van der Waals surface area contributed by atoms with Crippen LogP contribution in [0.2, 0.25) is 0 Å². The molecule has 0 radical (unpaired) electrons. The third kappa shape index (κ3) is 3.73. The van der Waals surface area contributed by atoms with Gasteiger partial charge in [-0.3, -0.25) is 0 Å². The molecule has 2 nitrogen and oxygen atoms in total. The van der Waals surface area contributed by atoms with Crippen LogP contribution in [0.15, 0.2) is 42.5 Å². The Balaban J connectivity index is 1.68. The van der Waals surface area contributed by atoms with E-state index in [0.29, 0.717) is 0 Å². The maximum absolute atomic E-state index is 7.01. The summed E-state index contributed by atoms with van der Waals surface area (Å²) in [4.78, 5) is 0. The molecule has 1 aliphatic carbocycles. The van der Waals surface area contributed by atoms with E-state index in [1.165, 1.54) is 80.9 Å². The quantitative estimate of drug-likeness (QED) is 0.244. The first-order valence-electron chi connectivity index (χ1n) is 13.4. The zero-order valence-corrected chi connectivity index (χ0v) is 22.2. The van der Waals surface area contributed by atoms with Crippen molar-refractivity contribution < 1.29 is 9.30 Å². The molecule has 2 aliphatic rings. The van der Waals surface area contributed by atoms with Gasteiger partial charge < -0.3 is 4.74 Å². The lowest BCUT2D eigenvalue weighted by molar-refractivity contribution is -0.633. The van der Waals surface area contributed by atoms with E-state index in [1.807, 2.05) is 0 Å². The Morgan fingerprint density at radius 1 is 1.00 bits per heavy atom. The maximum Gasteiger partial charge on any atom is 0.257 e. The Kier molecular flexibility index (Phi) is 5.22. The molecule has 1 aliphatic heterocycles. The molecular formula is C33H38NO+. The topological polar surface area (TPSA) is 13.1 Å². The van der Waals surface area contributed by atoms with Crippen molar-refractivity contribution in [1.29, 1.82) is 0 Å². The molecular weight excluding hydrogens is 426 g/mol. The number of aromatic nitrogens is 1. The van der Waals surface area contributed by atoms with Gasteiger partial charge in [0.15, 0.2) is 0 Å². The van der Waals surface area contributed by atoms with Crippen molar-refractivity contribution in [1.82, 2.24) is 0 Å². The molecule has 180 valence electrons. The number of hydrogen-bond donors (Lipinski definition) is 0. The van der Waals surface area contributed by atoms with Crippen molar-refractivity contribution in [3.63, 3.8) is 0 Å². The average molecular weight is 465 g/mol. The summed E-state index contributed by atoms with van der Waals surface area (Å²) in [6.07, 6.45) is 7.55. The number of aryl methyl sites for hydroxylation is 2. The third-order valence-corrected chi connectivity index (χ3v) is 8.35.